The molecule has 2 aromatic rings. The molecule has 22 heavy (non-hydrogen) atoms. The predicted octanol–water partition coefficient (Wildman–Crippen LogP) is 2.76. The van der Waals surface area contributed by atoms with Gasteiger partial charge in [0.15, 0.2) is 10.7 Å². The van der Waals surface area contributed by atoms with Crippen LogP contribution in [0.1, 0.15) is 11.5 Å². The lowest BCUT2D eigenvalue weighted by atomic mass is 10.3. The van der Waals surface area contributed by atoms with Crippen LogP contribution in [0.2, 0.25) is 5.02 Å². The third-order valence-electron chi connectivity index (χ3n) is 2.95. The summed E-state index contributed by atoms with van der Waals surface area (Å²) < 4.78 is 42.6. The van der Waals surface area contributed by atoms with E-state index < -0.39 is 10.0 Å². The van der Waals surface area contributed by atoms with Crippen LogP contribution in [-0.4, -0.2) is 27.8 Å². The Morgan fingerprint density at radius 2 is 1.82 bits per heavy atom. The average Bonchev–Trinajstić information content (AvgIpc) is 2.80. The maximum absolute atomic E-state index is 12.5. The second-order valence-electron chi connectivity index (χ2n) is 4.45. The van der Waals surface area contributed by atoms with Gasteiger partial charge in [0.1, 0.15) is 17.2 Å². The van der Waals surface area contributed by atoms with Gasteiger partial charge in [-0.25, -0.2) is 8.42 Å². The topological polar surface area (TPSA) is 90.7 Å². The molecule has 0 unspecified atom stereocenters. The molecule has 0 fully saturated rings. The number of hydrogen-bond donors (Lipinski definition) is 1. The highest BCUT2D eigenvalue weighted by atomic mass is 35.5. The molecule has 0 saturated carbocycles. The van der Waals surface area contributed by atoms with Gasteiger partial charge in [0, 0.05) is 12.1 Å². The normalized spacial score (nSPS) is 11.3. The van der Waals surface area contributed by atoms with Crippen molar-refractivity contribution in [3.63, 3.8) is 0 Å². The molecule has 0 aliphatic rings. The van der Waals surface area contributed by atoms with E-state index >= 15 is 0 Å². The molecule has 2 rings (SSSR count). The molecule has 9 heteroatoms. The number of nitrogens with zero attached hydrogens (tertiary/aromatic N) is 1. The first-order valence-electron chi connectivity index (χ1n) is 6.17. The minimum Gasteiger partial charge on any atom is -0.495 e. The van der Waals surface area contributed by atoms with Crippen molar-refractivity contribution < 1.29 is 22.4 Å². The number of aryl methyl sites for hydroxylation is 2. The van der Waals surface area contributed by atoms with Crippen molar-refractivity contribution >= 4 is 27.3 Å². The third-order valence-corrected chi connectivity index (χ3v) is 4.86. The summed E-state index contributed by atoms with van der Waals surface area (Å²) in [6.07, 6.45) is 0. The Bertz CT molecular complexity index is 782. The number of hydrogen-bond acceptors (Lipinski definition) is 6. The van der Waals surface area contributed by atoms with E-state index in [4.69, 9.17) is 25.6 Å². The van der Waals surface area contributed by atoms with Gasteiger partial charge in [0.05, 0.1) is 24.9 Å². The van der Waals surface area contributed by atoms with Crippen LogP contribution in [0.3, 0.4) is 0 Å². The molecule has 120 valence electrons. The number of rotatable bonds is 5. The van der Waals surface area contributed by atoms with Crippen molar-refractivity contribution in [3.05, 3.63) is 28.6 Å². The maximum Gasteiger partial charge on any atom is 0.267 e. The number of ether oxygens (including phenoxy) is 2. The molecule has 0 saturated heterocycles. The van der Waals surface area contributed by atoms with Crippen LogP contribution in [0, 0.1) is 13.8 Å². The van der Waals surface area contributed by atoms with E-state index in [1.54, 1.807) is 6.92 Å². The summed E-state index contributed by atoms with van der Waals surface area (Å²) in [5.41, 5.74) is 0.466. The Balaban J connectivity index is 2.50. The van der Waals surface area contributed by atoms with E-state index in [1.165, 1.54) is 33.3 Å². The lowest BCUT2D eigenvalue weighted by molar-refractivity contribution is 0.390. The summed E-state index contributed by atoms with van der Waals surface area (Å²) >= 11 is 5.99. The molecule has 0 amide bonds. The van der Waals surface area contributed by atoms with Crippen molar-refractivity contribution in [3.8, 4) is 11.5 Å². The van der Waals surface area contributed by atoms with Crippen molar-refractivity contribution in [2.75, 3.05) is 18.9 Å². The van der Waals surface area contributed by atoms with Gasteiger partial charge in [0.2, 0.25) is 0 Å². The molecule has 0 spiro atoms. The largest absolute Gasteiger partial charge is 0.495 e. The van der Waals surface area contributed by atoms with Crippen LogP contribution >= 0.6 is 11.6 Å². The molecule has 0 aliphatic carbocycles. The Morgan fingerprint density at radius 1 is 1.18 bits per heavy atom. The molecule has 0 atom stereocenters. The van der Waals surface area contributed by atoms with Gasteiger partial charge in [-0.05, 0) is 13.8 Å². The maximum atomic E-state index is 12.5. The van der Waals surface area contributed by atoms with Gasteiger partial charge in [0.25, 0.3) is 10.0 Å². The van der Waals surface area contributed by atoms with Gasteiger partial charge >= 0.3 is 0 Å². The first-order chi connectivity index (χ1) is 10.3. The molecular weight excluding hydrogens is 332 g/mol. The smallest absolute Gasteiger partial charge is 0.267 e. The van der Waals surface area contributed by atoms with Crippen molar-refractivity contribution in [1.29, 1.82) is 0 Å². The summed E-state index contributed by atoms with van der Waals surface area (Å²) in [4.78, 5) is -0.0107. The molecule has 1 aromatic heterocycles. The molecule has 1 heterocycles. The van der Waals surface area contributed by atoms with Gasteiger partial charge in [-0.2, -0.15) is 0 Å². The molecule has 1 N–H and O–H groups in total. The van der Waals surface area contributed by atoms with Crippen LogP contribution < -0.4 is 14.2 Å². The lowest BCUT2D eigenvalue weighted by Gasteiger charge is -2.14. The molecular formula is C13H15ClN2O5S. The molecule has 0 aliphatic heterocycles. The Labute approximate surface area is 133 Å². The number of nitrogens with one attached hydrogen (secondary N) is 1. The summed E-state index contributed by atoms with van der Waals surface area (Å²) in [5, 5.41) is 3.95. The first kappa shape index (κ1) is 16.4. The highest BCUT2D eigenvalue weighted by molar-refractivity contribution is 7.92. The van der Waals surface area contributed by atoms with Crippen LogP contribution in [0.5, 0.6) is 11.5 Å². The minimum absolute atomic E-state index is 0.0107. The van der Waals surface area contributed by atoms with Crippen molar-refractivity contribution in [2.24, 2.45) is 0 Å². The number of halogens is 1. The van der Waals surface area contributed by atoms with E-state index in [9.17, 15) is 8.42 Å². The van der Waals surface area contributed by atoms with Crippen LogP contribution in [-0.2, 0) is 10.0 Å². The number of methoxy groups -OCH3 is 2. The van der Waals surface area contributed by atoms with Crippen molar-refractivity contribution in [2.45, 2.75) is 18.7 Å². The van der Waals surface area contributed by atoms with Crippen molar-refractivity contribution in [1.82, 2.24) is 5.16 Å². The standard InChI is InChI=1S/C13H15ClN2O5S/c1-7-13(8(2)21-15-7)22(17,18)16-10-6-11(19-3)9(14)5-12(10)20-4/h5-6,16H,1-4H3. The van der Waals surface area contributed by atoms with E-state index in [0.29, 0.717) is 10.8 Å². The van der Waals surface area contributed by atoms with E-state index in [1.807, 2.05) is 0 Å². The zero-order chi connectivity index (χ0) is 16.5. The van der Waals surface area contributed by atoms with Gasteiger partial charge in [-0.1, -0.05) is 16.8 Å². The fourth-order valence-corrected chi connectivity index (χ4v) is 3.62. The fraction of sp³-hybridized carbons (Fsp3) is 0.308. The van der Waals surface area contributed by atoms with Crippen LogP contribution in [0.15, 0.2) is 21.6 Å². The van der Waals surface area contributed by atoms with Crippen LogP contribution in [0.25, 0.3) is 0 Å². The molecule has 0 bridgehead atoms. The Hall–Kier alpha value is -1.93. The highest BCUT2D eigenvalue weighted by Crippen LogP contribution is 2.37. The fourth-order valence-electron chi connectivity index (χ4n) is 1.99. The van der Waals surface area contributed by atoms with Gasteiger partial charge in [-0.3, -0.25) is 4.72 Å². The number of aromatic nitrogens is 1. The first-order valence-corrected chi connectivity index (χ1v) is 8.03. The van der Waals surface area contributed by atoms with Crippen LogP contribution in [0.4, 0.5) is 5.69 Å². The predicted molar refractivity (Wildman–Crippen MR) is 81.3 cm³/mol. The average molecular weight is 347 g/mol. The summed E-state index contributed by atoms with van der Waals surface area (Å²) in [6, 6.07) is 2.91. The zero-order valence-electron chi connectivity index (χ0n) is 12.4. The summed E-state index contributed by atoms with van der Waals surface area (Å²) in [7, 11) is -1.05. The summed E-state index contributed by atoms with van der Waals surface area (Å²) in [5.74, 6) is 0.782. The van der Waals surface area contributed by atoms with E-state index in [-0.39, 0.29) is 27.8 Å². The van der Waals surface area contributed by atoms with Gasteiger partial charge < -0.3 is 14.0 Å². The van der Waals surface area contributed by atoms with Gasteiger partial charge in [-0.15, -0.1) is 0 Å². The molecule has 7 nitrogen and oxygen atoms in total. The highest BCUT2D eigenvalue weighted by Gasteiger charge is 2.26. The summed E-state index contributed by atoms with van der Waals surface area (Å²) in [6.45, 7) is 3.07. The second kappa shape index (κ2) is 6.05. The number of benzene rings is 1. The van der Waals surface area contributed by atoms with E-state index in [0.717, 1.165) is 0 Å². The Morgan fingerprint density at radius 3 is 2.32 bits per heavy atom. The minimum atomic E-state index is -3.89. The molecule has 0 radical (unpaired) electrons. The lowest BCUT2D eigenvalue weighted by Crippen LogP contribution is -2.15. The third kappa shape index (κ3) is 2.97. The quantitative estimate of drug-likeness (QED) is 0.895. The zero-order valence-corrected chi connectivity index (χ0v) is 14.0. The monoisotopic (exact) mass is 346 g/mol. The van der Waals surface area contributed by atoms with E-state index in [2.05, 4.69) is 9.88 Å². The number of sulfonamides is 1. The number of anilines is 1. The second-order valence-corrected chi connectivity index (χ2v) is 6.47. The SMILES string of the molecule is COc1cc(NS(=O)(=O)c2c(C)noc2C)c(OC)cc1Cl. The molecule has 1 aromatic carbocycles. The Kier molecular flexibility index (Phi) is 4.52.